The van der Waals surface area contributed by atoms with Crippen molar-refractivity contribution in [2.24, 2.45) is 7.05 Å². The summed E-state index contributed by atoms with van der Waals surface area (Å²) in [6.07, 6.45) is -4.63. The van der Waals surface area contributed by atoms with Crippen LogP contribution in [0, 0.1) is 0 Å². The van der Waals surface area contributed by atoms with Crippen LogP contribution in [0.15, 0.2) is 23.4 Å². The highest BCUT2D eigenvalue weighted by Gasteiger charge is 2.37. The van der Waals surface area contributed by atoms with E-state index >= 15 is 0 Å². The van der Waals surface area contributed by atoms with E-state index in [0.717, 1.165) is 29.4 Å². The molecule has 0 fully saturated rings. The SMILES string of the molecule is Cn1c(SCC(=O)c2ccc(O)cc2O)nnc1C(F)(F)F. The Hall–Kier alpha value is -2.23. The Morgan fingerprint density at radius 2 is 2.00 bits per heavy atom. The third-order valence-corrected chi connectivity index (χ3v) is 3.72. The first-order chi connectivity index (χ1) is 10.2. The van der Waals surface area contributed by atoms with Gasteiger partial charge in [0.25, 0.3) is 0 Å². The average Bonchev–Trinajstić information content (AvgIpc) is 2.77. The molecule has 1 aromatic carbocycles. The van der Waals surface area contributed by atoms with Crippen LogP contribution >= 0.6 is 11.8 Å². The van der Waals surface area contributed by atoms with E-state index in [-0.39, 0.29) is 22.2 Å². The smallest absolute Gasteiger partial charge is 0.451 e. The van der Waals surface area contributed by atoms with Gasteiger partial charge in [0, 0.05) is 13.1 Å². The number of rotatable bonds is 4. The van der Waals surface area contributed by atoms with E-state index in [4.69, 9.17) is 5.11 Å². The fourth-order valence-electron chi connectivity index (χ4n) is 1.65. The molecule has 0 aliphatic heterocycles. The molecule has 6 nitrogen and oxygen atoms in total. The molecule has 1 aromatic heterocycles. The number of benzene rings is 1. The van der Waals surface area contributed by atoms with Crippen LogP contribution in [0.2, 0.25) is 0 Å². The molecule has 0 spiro atoms. The summed E-state index contributed by atoms with van der Waals surface area (Å²) in [7, 11) is 1.15. The molecule has 10 heteroatoms. The third kappa shape index (κ3) is 3.32. The number of carbonyl (C=O) groups excluding carboxylic acids is 1. The van der Waals surface area contributed by atoms with Crippen molar-refractivity contribution in [2.45, 2.75) is 11.3 Å². The molecule has 2 aromatic rings. The van der Waals surface area contributed by atoms with Gasteiger partial charge in [0.15, 0.2) is 10.9 Å². The zero-order chi connectivity index (χ0) is 16.5. The molecule has 1 heterocycles. The van der Waals surface area contributed by atoms with Crippen molar-refractivity contribution >= 4 is 17.5 Å². The maximum absolute atomic E-state index is 12.6. The van der Waals surface area contributed by atoms with Gasteiger partial charge >= 0.3 is 6.18 Å². The minimum absolute atomic E-state index is 0.0384. The maximum atomic E-state index is 12.6. The second kappa shape index (κ2) is 5.87. The lowest BCUT2D eigenvalue weighted by atomic mass is 10.1. The minimum Gasteiger partial charge on any atom is -0.508 e. The van der Waals surface area contributed by atoms with Crippen LogP contribution in [0.3, 0.4) is 0 Å². The van der Waals surface area contributed by atoms with Gasteiger partial charge < -0.3 is 14.8 Å². The van der Waals surface area contributed by atoms with E-state index in [1.165, 1.54) is 12.1 Å². The van der Waals surface area contributed by atoms with Gasteiger partial charge in [-0.1, -0.05) is 11.8 Å². The monoisotopic (exact) mass is 333 g/mol. The summed E-state index contributed by atoms with van der Waals surface area (Å²) >= 11 is 0.766. The van der Waals surface area contributed by atoms with E-state index in [2.05, 4.69) is 10.2 Å². The quantitative estimate of drug-likeness (QED) is 0.659. The number of phenols is 2. The summed E-state index contributed by atoms with van der Waals surface area (Å²) in [6, 6.07) is 3.45. The highest BCUT2D eigenvalue weighted by molar-refractivity contribution is 7.99. The molecule has 118 valence electrons. The Bertz CT molecular complexity index is 715. The van der Waals surface area contributed by atoms with E-state index in [1.54, 1.807) is 0 Å². The molecule has 0 bridgehead atoms. The molecule has 0 amide bonds. The van der Waals surface area contributed by atoms with E-state index in [1.807, 2.05) is 0 Å². The molecule has 0 aliphatic rings. The number of carbonyl (C=O) groups is 1. The number of ketones is 1. The van der Waals surface area contributed by atoms with Crippen molar-refractivity contribution in [1.29, 1.82) is 0 Å². The van der Waals surface area contributed by atoms with Gasteiger partial charge in [0.1, 0.15) is 11.5 Å². The van der Waals surface area contributed by atoms with E-state index < -0.39 is 23.5 Å². The first kappa shape index (κ1) is 16.1. The Balaban J connectivity index is 2.10. The van der Waals surface area contributed by atoms with Crippen LogP contribution in [0.25, 0.3) is 0 Å². The van der Waals surface area contributed by atoms with Gasteiger partial charge in [-0.2, -0.15) is 13.2 Å². The van der Waals surface area contributed by atoms with Crippen LogP contribution in [-0.2, 0) is 13.2 Å². The summed E-state index contributed by atoms with van der Waals surface area (Å²) in [5.74, 6) is -2.51. The second-order valence-electron chi connectivity index (χ2n) is 4.28. The second-order valence-corrected chi connectivity index (χ2v) is 5.22. The van der Waals surface area contributed by atoms with Gasteiger partial charge in [-0.3, -0.25) is 4.79 Å². The van der Waals surface area contributed by atoms with Crippen LogP contribution in [0.1, 0.15) is 16.2 Å². The van der Waals surface area contributed by atoms with Crippen LogP contribution in [0.4, 0.5) is 13.2 Å². The van der Waals surface area contributed by atoms with Gasteiger partial charge in [-0.25, -0.2) is 0 Å². The van der Waals surface area contributed by atoms with Gasteiger partial charge in [-0.05, 0) is 12.1 Å². The summed E-state index contributed by atoms with van der Waals surface area (Å²) in [4.78, 5) is 11.9. The topological polar surface area (TPSA) is 88.2 Å². The molecule has 2 rings (SSSR count). The standard InChI is InChI=1S/C12H10F3N3O3S/c1-18-10(12(13,14)15)16-17-11(18)22-5-9(21)7-3-2-6(19)4-8(7)20/h2-4,19-20H,5H2,1H3. The summed E-state index contributed by atoms with van der Waals surface area (Å²) in [5.41, 5.74) is -0.0384. The van der Waals surface area contributed by atoms with Crippen molar-refractivity contribution in [3.63, 3.8) is 0 Å². The predicted molar refractivity (Wildman–Crippen MR) is 70.8 cm³/mol. The van der Waals surface area contributed by atoms with Crippen LogP contribution < -0.4 is 0 Å². The van der Waals surface area contributed by atoms with Crippen molar-refractivity contribution in [3.05, 3.63) is 29.6 Å². The molecule has 22 heavy (non-hydrogen) atoms. The number of nitrogens with zero attached hydrogens (tertiary/aromatic N) is 3. The lowest BCUT2D eigenvalue weighted by Crippen LogP contribution is -2.13. The number of hydrogen-bond donors (Lipinski definition) is 2. The molecule has 0 atom stereocenters. The summed E-state index contributed by atoms with van der Waals surface area (Å²) in [5, 5.41) is 25.0. The van der Waals surface area contributed by atoms with Crippen molar-refractivity contribution in [1.82, 2.24) is 14.8 Å². The van der Waals surface area contributed by atoms with Gasteiger partial charge in [0.2, 0.25) is 5.82 Å². The number of hydrogen-bond acceptors (Lipinski definition) is 6. The van der Waals surface area contributed by atoms with Gasteiger partial charge in [0.05, 0.1) is 11.3 Å². The zero-order valence-corrected chi connectivity index (χ0v) is 11.9. The molecule has 0 aliphatic carbocycles. The summed E-state index contributed by atoms with van der Waals surface area (Å²) < 4.78 is 38.4. The molecule has 2 N–H and O–H groups in total. The Morgan fingerprint density at radius 1 is 1.32 bits per heavy atom. The van der Waals surface area contributed by atoms with E-state index in [0.29, 0.717) is 0 Å². The minimum atomic E-state index is -4.63. The zero-order valence-electron chi connectivity index (χ0n) is 11.1. The number of aromatic nitrogens is 3. The molecular formula is C12H10F3N3O3S. The highest BCUT2D eigenvalue weighted by Crippen LogP contribution is 2.30. The lowest BCUT2D eigenvalue weighted by molar-refractivity contribution is -0.147. The van der Waals surface area contributed by atoms with Crippen LogP contribution in [0.5, 0.6) is 11.5 Å². The molecule has 0 saturated heterocycles. The maximum Gasteiger partial charge on any atom is 0.451 e. The molecule has 0 radical (unpaired) electrons. The third-order valence-electron chi connectivity index (χ3n) is 2.70. The largest absolute Gasteiger partial charge is 0.508 e. The number of phenolic OH excluding ortho intramolecular Hbond substituents is 2. The van der Waals surface area contributed by atoms with Crippen LogP contribution in [-0.4, -0.2) is 36.5 Å². The van der Waals surface area contributed by atoms with Crippen molar-refractivity contribution in [3.8, 4) is 11.5 Å². The fourth-order valence-corrected chi connectivity index (χ4v) is 2.45. The Morgan fingerprint density at radius 3 is 2.55 bits per heavy atom. The molecule has 0 saturated carbocycles. The Kier molecular flexibility index (Phi) is 4.31. The number of aromatic hydroxyl groups is 2. The average molecular weight is 333 g/mol. The highest BCUT2D eigenvalue weighted by atomic mass is 32.2. The first-order valence-corrected chi connectivity index (χ1v) is 6.83. The fraction of sp³-hybridized carbons (Fsp3) is 0.250. The number of halogens is 3. The number of thioether (sulfide) groups is 1. The number of Topliss-reactive ketones (excluding diaryl/α,β-unsaturated/α-hetero) is 1. The number of alkyl halides is 3. The first-order valence-electron chi connectivity index (χ1n) is 5.84. The van der Waals surface area contributed by atoms with Crippen molar-refractivity contribution < 1.29 is 28.2 Å². The van der Waals surface area contributed by atoms with Gasteiger partial charge in [-0.15, -0.1) is 10.2 Å². The van der Waals surface area contributed by atoms with E-state index in [9.17, 15) is 23.1 Å². The molecular weight excluding hydrogens is 323 g/mol. The predicted octanol–water partition coefficient (Wildman–Crippen LogP) is 2.22. The molecule has 0 unspecified atom stereocenters. The van der Waals surface area contributed by atoms with Crippen molar-refractivity contribution in [2.75, 3.05) is 5.75 Å². The lowest BCUT2D eigenvalue weighted by Gasteiger charge is -2.06. The normalized spacial score (nSPS) is 11.6. The Labute approximate surface area is 126 Å². The summed E-state index contributed by atoms with van der Waals surface area (Å²) in [6.45, 7) is 0.